The first-order valence-corrected chi connectivity index (χ1v) is 10.3. The van der Waals surface area contributed by atoms with Crippen molar-refractivity contribution in [1.82, 2.24) is 19.8 Å². The molecule has 2 aromatic rings. The molecule has 164 valence electrons. The number of carbonyl (C=O) groups excluding carboxylic acids is 1. The Morgan fingerprint density at radius 1 is 1.30 bits per heavy atom. The van der Waals surface area contributed by atoms with Crippen molar-refractivity contribution in [3.05, 3.63) is 39.6 Å². The maximum Gasteiger partial charge on any atom is 0.490 e. The highest BCUT2D eigenvalue weighted by Crippen LogP contribution is 2.29. The molecule has 2 N–H and O–H groups in total. The molecule has 0 saturated heterocycles. The molecule has 1 aliphatic heterocycles. The molecule has 0 atom stereocenters. The van der Waals surface area contributed by atoms with Crippen LogP contribution in [0.2, 0.25) is 0 Å². The van der Waals surface area contributed by atoms with E-state index in [1.54, 1.807) is 0 Å². The number of thiophene rings is 1. The quantitative estimate of drug-likeness (QED) is 0.741. The number of hydrogen-bond acceptors (Lipinski definition) is 5. The summed E-state index contributed by atoms with van der Waals surface area (Å²) in [5, 5.41) is 10.2. The Kier molecular flexibility index (Phi) is 6.81. The molecular formula is C19H23F3N4O3S. The highest BCUT2D eigenvalue weighted by Gasteiger charge is 2.38. The number of carboxylic acid groups (broad SMARTS) is 1. The third kappa shape index (κ3) is 6.05. The number of aryl methyl sites for hydroxylation is 1. The number of imidazole rings is 1. The standard InChI is InChI=1S/C17H22N4OS.C2HF3O2/c1-12-2-5-15(23-12)10-20-6-7-21-14(8-18-16(21)11-20)9-19-17(22)13-3-4-13;3-2(4,5)1(6)7/h2,5,8,13H,3-4,6-7,9-11H2,1H3,(H,19,22);(H,6,7). The fourth-order valence-corrected chi connectivity index (χ4v) is 4.04. The van der Waals surface area contributed by atoms with Crippen molar-refractivity contribution >= 4 is 23.2 Å². The topological polar surface area (TPSA) is 87.5 Å². The fraction of sp³-hybridized carbons (Fsp3) is 0.526. The zero-order valence-electron chi connectivity index (χ0n) is 16.4. The molecule has 2 aromatic heterocycles. The lowest BCUT2D eigenvalue weighted by Crippen LogP contribution is -2.34. The van der Waals surface area contributed by atoms with Crippen molar-refractivity contribution in [3.63, 3.8) is 0 Å². The van der Waals surface area contributed by atoms with Gasteiger partial charge >= 0.3 is 12.1 Å². The zero-order chi connectivity index (χ0) is 21.9. The van der Waals surface area contributed by atoms with Crippen LogP contribution in [0.4, 0.5) is 13.2 Å². The minimum absolute atomic E-state index is 0.200. The summed E-state index contributed by atoms with van der Waals surface area (Å²) in [6, 6.07) is 4.41. The number of amides is 1. The Labute approximate surface area is 175 Å². The van der Waals surface area contributed by atoms with Crippen LogP contribution in [0.1, 0.15) is 34.1 Å². The number of nitrogens with zero attached hydrogens (tertiary/aromatic N) is 3. The summed E-state index contributed by atoms with van der Waals surface area (Å²) >= 11 is 1.87. The van der Waals surface area contributed by atoms with Gasteiger partial charge in [0.05, 0.1) is 25.0 Å². The van der Waals surface area contributed by atoms with Crippen LogP contribution in [0, 0.1) is 12.8 Å². The van der Waals surface area contributed by atoms with Crippen molar-refractivity contribution in [3.8, 4) is 0 Å². The lowest BCUT2D eigenvalue weighted by molar-refractivity contribution is -0.192. The van der Waals surface area contributed by atoms with Gasteiger partial charge in [-0.2, -0.15) is 13.2 Å². The Morgan fingerprint density at radius 3 is 2.57 bits per heavy atom. The maximum absolute atomic E-state index is 11.8. The van der Waals surface area contributed by atoms with Gasteiger partial charge in [0, 0.05) is 35.3 Å². The van der Waals surface area contributed by atoms with E-state index in [2.05, 4.69) is 38.8 Å². The molecule has 7 nitrogen and oxygen atoms in total. The molecule has 0 spiro atoms. The highest BCUT2D eigenvalue weighted by molar-refractivity contribution is 7.11. The molecule has 0 unspecified atom stereocenters. The van der Waals surface area contributed by atoms with Crippen LogP contribution in [-0.2, 0) is 35.8 Å². The number of fused-ring (bicyclic) bond motifs is 1. The smallest absolute Gasteiger partial charge is 0.475 e. The number of rotatable bonds is 5. The number of hydrogen-bond donors (Lipinski definition) is 2. The SMILES string of the molecule is Cc1ccc(CN2CCn3c(CNC(=O)C4CC4)cnc3C2)s1.O=C(O)C(F)(F)F. The van der Waals surface area contributed by atoms with E-state index < -0.39 is 12.1 Å². The molecule has 3 heterocycles. The lowest BCUT2D eigenvalue weighted by atomic mass is 10.3. The molecule has 0 radical (unpaired) electrons. The molecular weight excluding hydrogens is 421 g/mol. The van der Waals surface area contributed by atoms with Gasteiger partial charge < -0.3 is 15.0 Å². The monoisotopic (exact) mass is 444 g/mol. The number of alkyl halides is 3. The van der Waals surface area contributed by atoms with Gasteiger partial charge in [0.15, 0.2) is 0 Å². The van der Waals surface area contributed by atoms with Crippen molar-refractivity contribution in [2.24, 2.45) is 5.92 Å². The Hall–Kier alpha value is -2.40. The summed E-state index contributed by atoms with van der Waals surface area (Å²) in [6.07, 6.45) is -1.07. The second-order valence-electron chi connectivity index (χ2n) is 7.34. The van der Waals surface area contributed by atoms with Gasteiger partial charge in [0.1, 0.15) is 5.82 Å². The Balaban J connectivity index is 0.000000318. The van der Waals surface area contributed by atoms with Crippen molar-refractivity contribution in [2.75, 3.05) is 6.54 Å². The summed E-state index contributed by atoms with van der Waals surface area (Å²) in [6.45, 7) is 6.62. The third-order valence-electron chi connectivity index (χ3n) is 4.84. The van der Waals surface area contributed by atoms with E-state index in [1.807, 2.05) is 17.5 Å². The third-order valence-corrected chi connectivity index (χ3v) is 5.82. The zero-order valence-corrected chi connectivity index (χ0v) is 17.2. The van der Waals surface area contributed by atoms with Crippen LogP contribution in [0.5, 0.6) is 0 Å². The van der Waals surface area contributed by atoms with Crippen LogP contribution in [0.3, 0.4) is 0 Å². The molecule has 1 saturated carbocycles. The normalized spacial score (nSPS) is 16.4. The molecule has 30 heavy (non-hydrogen) atoms. The number of carbonyl (C=O) groups is 2. The van der Waals surface area contributed by atoms with Gasteiger partial charge in [0.2, 0.25) is 5.91 Å². The second-order valence-corrected chi connectivity index (χ2v) is 8.71. The summed E-state index contributed by atoms with van der Waals surface area (Å²) in [5.41, 5.74) is 1.13. The van der Waals surface area contributed by atoms with Crippen LogP contribution >= 0.6 is 11.3 Å². The van der Waals surface area contributed by atoms with Crippen molar-refractivity contribution in [1.29, 1.82) is 0 Å². The number of carboxylic acids is 1. The lowest BCUT2D eigenvalue weighted by Gasteiger charge is -2.28. The van der Waals surface area contributed by atoms with Gasteiger partial charge in [-0.25, -0.2) is 9.78 Å². The van der Waals surface area contributed by atoms with E-state index in [-0.39, 0.29) is 11.8 Å². The Bertz CT molecular complexity index is 905. The van der Waals surface area contributed by atoms with Crippen LogP contribution < -0.4 is 5.32 Å². The number of nitrogens with one attached hydrogen (secondary N) is 1. The number of aromatic nitrogens is 2. The molecule has 0 bridgehead atoms. The molecule has 0 aromatic carbocycles. The first-order chi connectivity index (χ1) is 14.1. The molecule has 1 amide bonds. The van der Waals surface area contributed by atoms with E-state index in [9.17, 15) is 18.0 Å². The summed E-state index contributed by atoms with van der Waals surface area (Å²) in [7, 11) is 0. The second kappa shape index (κ2) is 9.17. The summed E-state index contributed by atoms with van der Waals surface area (Å²) in [5.74, 6) is -1.18. The molecule has 1 fully saturated rings. The molecule has 4 rings (SSSR count). The highest BCUT2D eigenvalue weighted by atomic mass is 32.1. The van der Waals surface area contributed by atoms with E-state index >= 15 is 0 Å². The van der Waals surface area contributed by atoms with E-state index in [0.29, 0.717) is 6.54 Å². The first-order valence-electron chi connectivity index (χ1n) is 9.52. The fourth-order valence-electron chi connectivity index (χ4n) is 3.11. The van der Waals surface area contributed by atoms with Crippen molar-refractivity contribution in [2.45, 2.75) is 52.1 Å². The average Bonchev–Trinajstić information content (AvgIpc) is 3.34. The van der Waals surface area contributed by atoms with Gasteiger partial charge in [-0.15, -0.1) is 11.3 Å². The van der Waals surface area contributed by atoms with Gasteiger partial charge in [-0.1, -0.05) is 0 Å². The molecule has 2 aliphatic rings. The number of aliphatic carboxylic acids is 1. The minimum atomic E-state index is -5.08. The minimum Gasteiger partial charge on any atom is -0.475 e. The predicted molar refractivity (Wildman–Crippen MR) is 104 cm³/mol. The Morgan fingerprint density at radius 2 is 2.00 bits per heavy atom. The number of halogens is 3. The van der Waals surface area contributed by atoms with E-state index in [0.717, 1.165) is 50.5 Å². The van der Waals surface area contributed by atoms with E-state index in [1.165, 1.54) is 9.75 Å². The average molecular weight is 444 g/mol. The predicted octanol–water partition coefficient (Wildman–Crippen LogP) is 2.93. The van der Waals surface area contributed by atoms with Gasteiger partial charge in [-0.05, 0) is 31.9 Å². The van der Waals surface area contributed by atoms with Crippen LogP contribution in [-0.4, -0.2) is 44.2 Å². The molecule has 11 heteroatoms. The summed E-state index contributed by atoms with van der Waals surface area (Å²) < 4.78 is 34.0. The van der Waals surface area contributed by atoms with Gasteiger partial charge in [0.25, 0.3) is 0 Å². The van der Waals surface area contributed by atoms with E-state index in [4.69, 9.17) is 9.90 Å². The maximum atomic E-state index is 11.8. The summed E-state index contributed by atoms with van der Waals surface area (Å²) in [4.78, 5) is 30.5. The van der Waals surface area contributed by atoms with Gasteiger partial charge in [-0.3, -0.25) is 9.69 Å². The van der Waals surface area contributed by atoms with Crippen LogP contribution in [0.15, 0.2) is 18.3 Å². The van der Waals surface area contributed by atoms with Crippen molar-refractivity contribution < 1.29 is 27.9 Å². The molecule has 1 aliphatic carbocycles. The van der Waals surface area contributed by atoms with Crippen LogP contribution in [0.25, 0.3) is 0 Å². The largest absolute Gasteiger partial charge is 0.490 e. The first kappa shape index (κ1) is 22.3.